The molecule has 2 aromatic heterocycles. The second kappa shape index (κ2) is 5.08. The summed E-state index contributed by atoms with van der Waals surface area (Å²) in [6.45, 7) is 7.28. The predicted molar refractivity (Wildman–Crippen MR) is 71.4 cm³/mol. The van der Waals surface area contributed by atoms with Gasteiger partial charge in [0.15, 0.2) is 0 Å². The molecule has 0 bridgehead atoms. The summed E-state index contributed by atoms with van der Waals surface area (Å²) < 4.78 is 0. The summed E-state index contributed by atoms with van der Waals surface area (Å²) in [6, 6.07) is 2.49. The summed E-state index contributed by atoms with van der Waals surface area (Å²) in [4.78, 5) is 5.93. The first kappa shape index (κ1) is 11.8. The molecule has 0 aliphatic heterocycles. The predicted octanol–water partition coefficient (Wildman–Crippen LogP) is 3.52. The van der Waals surface area contributed by atoms with Crippen molar-refractivity contribution in [3.8, 4) is 0 Å². The van der Waals surface area contributed by atoms with Crippen LogP contribution in [0.5, 0.6) is 0 Å². The Morgan fingerprint density at radius 1 is 1.31 bits per heavy atom. The van der Waals surface area contributed by atoms with Crippen molar-refractivity contribution in [2.24, 2.45) is 0 Å². The van der Waals surface area contributed by atoms with Crippen molar-refractivity contribution in [3.63, 3.8) is 0 Å². The van der Waals surface area contributed by atoms with Gasteiger partial charge in [-0.3, -0.25) is 0 Å². The van der Waals surface area contributed by atoms with Crippen molar-refractivity contribution in [2.45, 2.75) is 26.8 Å². The molecule has 2 heterocycles. The lowest BCUT2D eigenvalue weighted by Crippen LogP contribution is -2.21. The van der Waals surface area contributed by atoms with E-state index in [1.54, 1.807) is 22.7 Å². The average Bonchev–Trinajstić information content (AvgIpc) is 2.84. The molecule has 0 spiro atoms. The Hall–Kier alpha value is -0.710. The Labute approximate surface area is 104 Å². The molecule has 0 amide bonds. The number of aromatic nitrogens is 1. The van der Waals surface area contributed by atoms with Crippen LogP contribution >= 0.6 is 22.7 Å². The highest BCUT2D eigenvalue weighted by atomic mass is 32.1. The minimum Gasteiger partial charge on any atom is -0.305 e. The molecular formula is C12H16N2S2. The molecular weight excluding hydrogens is 236 g/mol. The lowest BCUT2D eigenvalue weighted by Gasteiger charge is -2.14. The van der Waals surface area contributed by atoms with Crippen LogP contribution in [0.4, 0.5) is 0 Å². The highest BCUT2D eigenvalue weighted by Crippen LogP contribution is 2.26. The van der Waals surface area contributed by atoms with E-state index in [1.807, 2.05) is 0 Å². The zero-order valence-corrected chi connectivity index (χ0v) is 11.4. The third-order valence-corrected chi connectivity index (χ3v) is 4.10. The van der Waals surface area contributed by atoms with Crippen LogP contribution in [0.1, 0.15) is 34.1 Å². The van der Waals surface area contributed by atoms with Crippen LogP contribution < -0.4 is 5.32 Å². The molecule has 2 nitrogen and oxygen atoms in total. The van der Waals surface area contributed by atoms with Gasteiger partial charge in [0.2, 0.25) is 0 Å². The molecule has 0 aromatic carbocycles. The minimum atomic E-state index is 0.250. The number of hydrogen-bond acceptors (Lipinski definition) is 4. The van der Waals surface area contributed by atoms with Gasteiger partial charge in [-0.15, -0.1) is 22.7 Å². The maximum atomic E-state index is 4.58. The second-order valence-corrected chi connectivity index (χ2v) is 5.95. The molecule has 1 unspecified atom stereocenters. The fourth-order valence-corrected chi connectivity index (χ4v) is 3.09. The third kappa shape index (κ3) is 2.51. The first-order chi connectivity index (χ1) is 7.70. The average molecular weight is 252 g/mol. The van der Waals surface area contributed by atoms with Gasteiger partial charge in [0, 0.05) is 10.3 Å². The van der Waals surface area contributed by atoms with E-state index < -0.39 is 0 Å². The monoisotopic (exact) mass is 252 g/mol. The van der Waals surface area contributed by atoms with Crippen molar-refractivity contribution in [3.05, 3.63) is 38.0 Å². The van der Waals surface area contributed by atoms with Crippen molar-refractivity contribution in [2.75, 3.05) is 6.54 Å². The third-order valence-electron chi connectivity index (χ3n) is 2.42. The first-order valence-corrected chi connectivity index (χ1v) is 7.17. The number of rotatable bonds is 4. The van der Waals surface area contributed by atoms with Crippen LogP contribution in [0.3, 0.4) is 0 Å². The van der Waals surface area contributed by atoms with Crippen LogP contribution in [0.2, 0.25) is 0 Å². The maximum Gasteiger partial charge on any atom is 0.0898 e. The van der Waals surface area contributed by atoms with Crippen LogP contribution in [-0.4, -0.2) is 11.5 Å². The Morgan fingerprint density at radius 3 is 2.62 bits per heavy atom. The van der Waals surface area contributed by atoms with Gasteiger partial charge in [0.1, 0.15) is 0 Å². The molecule has 0 radical (unpaired) electrons. The zero-order chi connectivity index (χ0) is 11.5. The highest BCUT2D eigenvalue weighted by molar-refractivity contribution is 7.10. The second-order valence-electron chi connectivity index (χ2n) is 3.77. The van der Waals surface area contributed by atoms with Gasteiger partial charge in [-0.2, -0.15) is 0 Å². The van der Waals surface area contributed by atoms with Crippen molar-refractivity contribution < 1.29 is 0 Å². The molecule has 2 aromatic rings. The zero-order valence-electron chi connectivity index (χ0n) is 9.78. The summed E-state index contributed by atoms with van der Waals surface area (Å²) in [5.74, 6) is 0. The Balaban J connectivity index is 2.30. The number of nitrogens with zero attached hydrogens (tertiary/aromatic N) is 1. The standard InChI is InChI=1S/C12H16N2S2/c1-4-13-12(10-5-8(2)15-6-10)11-7-16-9(3)14-11/h5-7,12-13H,4H2,1-3H3. The topological polar surface area (TPSA) is 24.9 Å². The fraction of sp³-hybridized carbons (Fsp3) is 0.417. The number of aryl methyl sites for hydroxylation is 2. The van der Waals surface area contributed by atoms with Crippen LogP contribution in [0, 0.1) is 13.8 Å². The van der Waals surface area contributed by atoms with Crippen LogP contribution in [0.25, 0.3) is 0 Å². The van der Waals surface area contributed by atoms with E-state index in [0.29, 0.717) is 0 Å². The first-order valence-electron chi connectivity index (χ1n) is 5.41. The molecule has 2 rings (SSSR count). The summed E-state index contributed by atoms with van der Waals surface area (Å²) in [7, 11) is 0. The fourth-order valence-electron chi connectivity index (χ4n) is 1.73. The van der Waals surface area contributed by atoms with Gasteiger partial charge in [0.05, 0.1) is 16.7 Å². The van der Waals surface area contributed by atoms with E-state index >= 15 is 0 Å². The van der Waals surface area contributed by atoms with Crippen molar-refractivity contribution >= 4 is 22.7 Å². The van der Waals surface area contributed by atoms with Gasteiger partial charge in [-0.1, -0.05) is 6.92 Å². The van der Waals surface area contributed by atoms with E-state index in [4.69, 9.17) is 0 Å². The van der Waals surface area contributed by atoms with E-state index in [-0.39, 0.29) is 6.04 Å². The number of thiophene rings is 1. The molecule has 16 heavy (non-hydrogen) atoms. The van der Waals surface area contributed by atoms with Gasteiger partial charge in [-0.25, -0.2) is 4.98 Å². The molecule has 0 aliphatic rings. The number of hydrogen-bond donors (Lipinski definition) is 1. The van der Waals surface area contributed by atoms with Gasteiger partial charge in [0.25, 0.3) is 0 Å². The minimum absolute atomic E-state index is 0.250. The highest BCUT2D eigenvalue weighted by Gasteiger charge is 2.16. The summed E-state index contributed by atoms with van der Waals surface area (Å²) in [6.07, 6.45) is 0. The van der Waals surface area contributed by atoms with Crippen molar-refractivity contribution in [1.29, 1.82) is 0 Å². The summed E-state index contributed by atoms with van der Waals surface area (Å²) in [5, 5.41) is 8.99. The van der Waals surface area contributed by atoms with Gasteiger partial charge in [-0.05, 0) is 37.4 Å². The molecule has 1 atom stereocenters. The van der Waals surface area contributed by atoms with Crippen LogP contribution in [-0.2, 0) is 0 Å². The molecule has 0 aliphatic carbocycles. The number of thiazole rings is 1. The lowest BCUT2D eigenvalue weighted by molar-refractivity contribution is 0.619. The largest absolute Gasteiger partial charge is 0.305 e. The Morgan fingerprint density at radius 2 is 2.12 bits per heavy atom. The van der Waals surface area contributed by atoms with Gasteiger partial charge >= 0.3 is 0 Å². The quantitative estimate of drug-likeness (QED) is 0.900. The molecule has 1 N–H and O–H groups in total. The molecule has 0 fully saturated rings. The SMILES string of the molecule is CCNC(c1csc(C)c1)c1csc(C)n1. The van der Waals surface area contributed by atoms with E-state index in [9.17, 15) is 0 Å². The normalized spacial score (nSPS) is 12.9. The summed E-state index contributed by atoms with van der Waals surface area (Å²) in [5.41, 5.74) is 2.47. The lowest BCUT2D eigenvalue weighted by atomic mass is 10.1. The smallest absolute Gasteiger partial charge is 0.0898 e. The van der Waals surface area contributed by atoms with Gasteiger partial charge < -0.3 is 5.32 Å². The maximum absolute atomic E-state index is 4.58. The Bertz CT molecular complexity index is 419. The molecule has 86 valence electrons. The Kier molecular flexibility index (Phi) is 3.74. The van der Waals surface area contributed by atoms with Crippen LogP contribution in [0.15, 0.2) is 16.8 Å². The molecule has 0 saturated heterocycles. The summed E-state index contributed by atoms with van der Waals surface area (Å²) >= 11 is 3.51. The van der Waals surface area contributed by atoms with E-state index in [1.165, 1.54) is 10.4 Å². The number of nitrogens with one attached hydrogen (secondary N) is 1. The van der Waals surface area contributed by atoms with Crippen molar-refractivity contribution in [1.82, 2.24) is 10.3 Å². The molecule has 0 saturated carbocycles. The van der Waals surface area contributed by atoms with E-state index in [0.717, 1.165) is 17.2 Å². The van der Waals surface area contributed by atoms with E-state index in [2.05, 4.69) is 47.9 Å². The molecule has 4 heteroatoms.